The van der Waals surface area contributed by atoms with E-state index < -0.39 is 0 Å². The molecule has 2 atom stereocenters. The Morgan fingerprint density at radius 3 is 3.00 bits per heavy atom. The minimum absolute atomic E-state index is 0.158. The van der Waals surface area contributed by atoms with Gasteiger partial charge < -0.3 is 5.32 Å². The molecule has 0 spiro atoms. The van der Waals surface area contributed by atoms with Crippen molar-refractivity contribution in [2.24, 2.45) is 5.92 Å². The number of halogens is 1. The Morgan fingerprint density at radius 2 is 2.25 bits per heavy atom. The van der Waals surface area contributed by atoms with Crippen molar-refractivity contribution in [2.75, 3.05) is 5.32 Å². The Labute approximate surface area is 124 Å². The van der Waals surface area contributed by atoms with Crippen LogP contribution in [0, 0.1) is 18.3 Å². The number of aromatic nitrogens is 2. The minimum atomic E-state index is -0.244. The highest BCUT2D eigenvalue weighted by Crippen LogP contribution is 2.27. The van der Waals surface area contributed by atoms with Crippen LogP contribution in [0.1, 0.15) is 39.0 Å². The molecule has 1 N–H and O–H groups in total. The van der Waals surface area contributed by atoms with Gasteiger partial charge in [-0.05, 0) is 18.8 Å². The molecule has 1 aromatic rings. The van der Waals surface area contributed by atoms with Crippen LogP contribution in [0.2, 0.25) is 5.02 Å². The summed E-state index contributed by atoms with van der Waals surface area (Å²) in [5.41, 5.74) is 0.183. The topological polar surface area (TPSA) is 46.9 Å². The van der Waals surface area contributed by atoms with Crippen LogP contribution in [0.5, 0.6) is 0 Å². The number of terminal acetylenes is 1. The molecule has 1 aliphatic carbocycles. The number of hydrogen-bond acceptors (Lipinski definition) is 3. The van der Waals surface area contributed by atoms with Crippen LogP contribution in [-0.4, -0.2) is 15.8 Å². The molecule has 2 rings (SSSR count). The average Bonchev–Trinajstić information content (AvgIpc) is 2.63. The molecule has 1 saturated carbocycles. The van der Waals surface area contributed by atoms with Gasteiger partial charge in [0.05, 0.1) is 11.2 Å². The summed E-state index contributed by atoms with van der Waals surface area (Å²) in [6.45, 7) is 2.38. The van der Waals surface area contributed by atoms with E-state index in [1.807, 2.05) is 0 Å². The zero-order valence-electron chi connectivity index (χ0n) is 11.7. The molecule has 0 amide bonds. The fourth-order valence-electron chi connectivity index (χ4n) is 2.69. The van der Waals surface area contributed by atoms with Gasteiger partial charge in [-0.2, -0.15) is 5.10 Å². The summed E-state index contributed by atoms with van der Waals surface area (Å²) in [6.07, 6.45) is 12.7. The lowest BCUT2D eigenvalue weighted by Crippen LogP contribution is -2.32. The summed E-state index contributed by atoms with van der Waals surface area (Å²) in [5, 5.41) is 7.64. The molecular weight excluding hydrogens is 274 g/mol. The van der Waals surface area contributed by atoms with Crippen molar-refractivity contribution in [3.8, 4) is 12.3 Å². The highest BCUT2D eigenvalue weighted by atomic mass is 35.5. The molecule has 0 bridgehead atoms. The van der Waals surface area contributed by atoms with Crippen LogP contribution in [-0.2, 0) is 6.54 Å². The molecule has 1 aromatic heterocycles. The van der Waals surface area contributed by atoms with E-state index in [2.05, 4.69) is 23.3 Å². The summed E-state index contributed by atoms with van der Waals surface area (Å²) in [5.74, 6) is 2.95. The van der Waals surface area contributed by atoms with E-state index in [1.165, 1.54) is 36.6 Å². The van der Waals surface area contributed by atoms with Crippen LogP contribution >= 0.6 is 11.6 Å². The summed E-state index contributed by atoms with van der Waals surface area (Å²) in [7, 11) is 0. The van der Waals surface area contributed by atoms with Gasteiger partial charge in [0.15, 0.2) is 0 Å². The number of anilines is 1. The van der Waals surface area contributed by atoms with Gasteiger partial charge in [0.1, 0.15) is 12.2 Å². The second-order valence-electron chi connectivity index (χ2n) is 5.40. The standard InChI is InChI=1S/C15H20ClN3O/c1-3-9-19-15(20)14(12(16)10-17-19)18-13-8-6-4-5-7-11(13)2/h1,10-11,13,18H,4-9H2,2H3. The van der Waals surface area contributed by atoms with Crippen LogP contribution in [0.25, 0.3) is 0 Å². The molecule has 0 radical (unpaired) electrons. The summed E-state index contributed by atoms with van der Waals surface area (Å²) in [6, 6.07) is 0.282. The minimum Gasteiger partial charge on any atom is -0.376 e. The fourth-order valence-corrected chi connectivity index (χ4v) is 2.87. The first kappa shape index (κ1) is 14.9. The third-order valence-electron chi connectivity index (χ3n) is 3.93. The maximum Gasteiger partial charge on any atom is 0.292 e. The van der Waals surface area contributed by atoms with Crippen LogP contribution in [0.4, 0.5) is 5.69 Å². The first-order valence-corrected chi connectivity index (χ1v) is 7.47. The number of rotatable bonds is 3. The second-order valence-corrected chi connectivity index (χ2v) is 5.81. The zero-order chi connectivity index (χ0) is 14.5. The molecule has 2 unspecified atom stereocenters. The fraction of sp³-hybridized carbons (Fsp3) is 0.600. The normalized spacial score (nSPS) is 22.9. The zero-order valence-corrected chi connectivity index (χ0v) is 12.5. The lowest BCUT2D eigenvalue weighted by Gasteiger charge is -2.24. The lowest BCUT2D eigenvalue weighted by atomic mass is 9.97. The SMILES string of the molecule is C#CCn1ncc(Cl)c(NC2CCCCCC2C)c1=O. The quantitative estimate of drug-likeness (QED) is 0.688. The van der Waals surface area contributed by atoms with Crippen LogP contribution < -0.4 is 10.9 Å². The van der Waals surface area contributed by atoms with Crippen molar-refractivity contribution in [1.82, 2.24) is 9.78 Å². The first-order chi connectivity index (χ1) is 9.63. The molecule has 0 aromatic carbocycles. The van der Waals surface area contributed by atoms with Gasteiger partial charge in [0, 0.05) is 6.04 Å². The second kappa shape index (κ2) is 6.81. The van der Waals surface area contributed by atoms with Crippen LogP contribution in [0.15, 0.2) is 11.0 Å². The maximum absolute atomic E-state index is 12.3. The summed E-state index contributed by atoms with van der Waals surface area (Å²) < 4.78 is 1.26. The van der Waals surface area contributed by atoms with E-state index in [4.69, 9.17) is 18.0 Å². The van der Waals surface area contributed by atoms with Gasteiger partial charge in [0.2, 0.25) is 0 Å². The predicted molar refractivity (Wildman–Crippen MR) is 82.0 cm³/mol. The average molecular weight is 294 g/mol. The van der Waals surface area contributed by atoms with E-state index in [0.717, 1.165) is 6.42 Å². The van der Waals surface area contributed by atoms with Gasteiger partial charge >= 0.3 is 0 Å². The Bertz CT molecular complexity index is 561. The smallest absolute Gasteiger partial charge is 0.292 e. The van der Waals surface area contributed by atoms with Crippen molar-refractivity contribution < 1.29 is 0 Å². The Kier molecular flexibility index (Phi) is 5.08. The Hall–Kier alpha value is -1.47. The number of nitrogens with zero attached hydrogens (tertiary/aromatic N) is 2. The number of nitrogens with one attached hydrogen (secondary N) is 1. The molecule has 0 aliphatic heterocycles. The maximum atomic E-state index is 12.3. The summed E-state index contributed by atoms with van der Waals surface area (Å²) >= 11 is 6.12. The molecule has 20 heavy (non-hydrogen) atoms. The summed E-state index contributed by atoms with van der Waals surface area (Å²) in [4.78, 5) is 12.3. The number of hydrogen-bond donors (Lipinski definition) is 1. The predicted octanol–water partition coefficient (Wildman–Crippen LogP) is 2.91. The van der Waals surface area contributed by atoms with Gasteiger partial charge in [-0.3, -0.25) is 4.79 Å². The van der Waals surface area contributed by atoms with Crippen molar-refractivity contribution >= 4 is 17.3 Å². The first-order valence-electron chi connectivity index (χ1n) is 7.09. The van der Waals surface area contributed by atoms with E-state index in [1.54, 1.807) is 0 Å². The van der Waals surface area contributed by atoms with Gasteiger partial charge in [-0.1, -0.05) is 43.7 Å². The molecule has 1 fully saturated rings. The van der Waals surface area contributed by atoms with E-state index in [9.17, 15) is 4.79 Å². The van der Waals surface area contributed by atoms with E-state index in [0.29, 0.717) is 16.6 Å². The van der Waals surface area contributed by atoms with E-state index in [-0.39, 0.29) is 18.1 Å². The van der Waals surface area contributed by atoms with Crippen molar-refractivity contribution in [3.63, 3.8) is 0 Å². The largest absolute Gasteiger partial charge is 0.376 e. The molecule has 4 nitrogen and oxygen atoms in total. The van der Waals surface area contributed by atoms with Gasteiger partial charge in [-0.15, -0.1) is 6.42 Å². The van der Waals surface area contributed by atoms with Crippen molar-refractivity contribution in [3.05, 3.63) is 21.6 Å². The van der Waals surface area contributed by atoms with Crippen LogP contribution in [0.3, 0.4) is 0 Å². The molecule has 5 heteroatoms. The molecule has 1 heterocycles. The van der Waals surface area contributed by atoms with Crippen molar-refractivity contribution in [2.45, 2.75) is 51.6 Å². The van der Waals surface area contributed by atoms with E-state index >= 15 is 0 Å². The third-order valence-corrected chi connectivity index (χ3v) is 4.22. The highest BCUT2D eigenvalue weighted by Gasteiger charge is 2.22. The highest BCUT2D eigenvalue weighted by molar-refractivity contribution is 6.33. The van der Waals surface area contributed by atoms with Gasteiger partial charge in [0.25, 0.3) is 5.56 Å². The molecular formula is C15H20ClN3O. The van der Waals surface area contributed by atoms with Gasteiger partial charge in [-0.25, -0.2) is 4.68 Å². The Balaban J connectivity index is 2.26. The van der Waals surface area contributed by atoms with Crippen molar-refractivity contribution in [1.29, 1.82) is 0 Å². The molecule has 108 valence electrons. The molecule has 1 aliphatic rings. The monoisotopic (exact) mass is 293 g/mol. The lowest BCUT2D eigenvalue weighted by molar-refractivity contribution is 0.455. The Morgan fingerprint density at radius 1 is 1.50 bits per heavy atom. The third kappa shape index (κ3) is 3.34. The molecule has 0 saturated heterocycles.